The Morgan fingerprint density at radius 2 is 1.97 bits per heavy atom. The Kier molecular flexibility index (Phi) is 7.73. The monoisotopic (exact) mass is 496 g/mol. The summed E-state index contributed by atoms with van der Waals surface area (Å²) in [5, 5.41) is 7.86. The standard InChI is InChI=1S/C26H29ClN4O4/c1-16(2)34-14-6-13-31-17(3)22(23(28-26(31)32)19-7-5-8-20(27)15-19)25-29-24(30-35-25)18-9-11-21(33-4)12-10-18/h5,7-12,15-16,23H,6,13-14H2,1-4H3,(H,28,32). The van der Waals surface area contributed by atoms with Gasteiger partial charge >= 0.3 is 6.03 Å². The topological polar surface area (TPSA) is 89.7 Å². The summed E-state index contributed by atoms with van der Waals surface area (Å²) < 4.78 is 16.6. The predicted octanol–water partition coefficient (Wildman–Crippen LogP) is 5.71. The number of amides is 2. The molecule has 8 nitrogen and oxygen atoms in total. The van der Waals surface area contributed by atoms with Gasteiger partial charge in [-0.3, -0.25) is 4.90 Å². The molecule has 35 heavy (non-hydrogen) atoms. The number of benzene rings is 2. The van der Waals surface area contributed by atoms with Crippen molar-refractivity contribution < 1.29 is 18.8 Å². The lowest BCUT2D eigenvalue weighted by Gasteiger charge is -2.35. The number of rotatable bonds is 9. The van der Waals surface area contributed by atoms with Gasteiger partial charge in [-0.05, 0) is 69.2 Å². The number of carbonyl (C=O) groups is 1. The third-order valence-corrected chi connectivity index (χ3v) is 6.00. The largest absolute Gasteiger partial charge is 0.497 e. The molecule has 0 fully saturated rings. The summed E-state index contributed by atoms with van der Waals surface area (Å²) >= 11 is 6.26. The fourth-order valence-corrected chi connectivity index (χ4v) is 4.19. The first-order valence-electron chi connectivity index (χ1n) is 11.5. The highest BCUT2D eigenvalue weighted by Crippen LogP contribution is 2.38. The van der Waals surface area contributed by atoms with Gasteiger partial charge in [-0.2, -0.15) is 4.98 Å². The average molecular weight is 497 g/mol. The van der Waals surface area contributed by atoms with E-state index in [4.69, 9.17) is 25.6 Å². The maximum Gasteiger partial charge on any atom is 0.322 e. The summed E-state index contributed by atoms with van der Waals surface area (Å²) in [6.45, 7) is 6.93. The van der Waals surface area contributed by atoms with Gasteiger partial charge < -0.3 is 19.3 Å². The van der Waals surface area contributed by atoms with Crippen LogP contribution in [0, 0.1) is 0 Å². The van der Waals surface area contributed by atoms with E-state index in [0.29, 0.717) is 36.3 Å². The molecular formula is C26H29ClN4O4. The van der Waals surface area contributed by atoms with Crippen molar-refractivity contribution in [1.29, 1.82) is 0 Å². The lowest BCUT2D eigenvalue weighted by molar-refractivity contribution is 0.0736. The first-order chi connectivity index (χ1) is 16.9. The number of allylic oxidation sites excluding steroid dienone is 1. The van der Waals surface area contributed by atoms with Crippen LogP contribution in [-0.2, 0) is 4.74 Å². The second kappa shape index (κ2) is 10.9. The van der Waals surface area contributed by atoms with Gasteiger partial charge in [0.1, 0.15) is 5.75 Å². The van der Waals surface area contributed by atoms with Crippen molar-refractivity contribution >= 4 is 23.2 Å². The average Bonchev–Trinajstić information content (AvgIpc) is 3.32. The number of nitrogens with zero attached hydrogens (tertiary/aromatic N) is 3. The molecule has 0 aliphatic carbocycles. The summed E-state index contributed by atoms with van der Waals surface area (Å²) in [6.07, 6.45) is 0.832. The summed E-state index contributed by atoms with van der Waals surface area (Å²) in [5.74, 6) is 1.52. The Morgan fingerprint density at radius 3 is 2.66 bits per heavy atom. The third kappa shape index (κ3) is 5.66. The van der Waals surface area contributed by atoms with Gasteiger partial charge in [-0.25, -0.2) is 4.79 Å². The first-order valence-corrected chi connectivity index (χ1v) is 11.9. The zero-order valence-electron chi connectivity index (χ0n) is 20.2. The second-order valence-electron chi connectivity index (χ2n) is 8.51. The highest BCUT2D eigenvalue weighted by Gasteiger charge is 2.35. The van der Waals surface area contributed by atoms with Crippen molar-refractivity contribution in [1.82, 2.24) is 20.4 Å². The Morgan fingerprint density at radius 1 is 1.20 bits per heavy atom. The van der Waals surface area contributed by atoms with Crippen molar-refractivity contribution in [3.63, 3.8) is 0 Å². The first kappa shape index (κ1) is 24.8. The number of methoxy groups -OCH3 is 1. The Labute approximate surface area is 209 Å². The van der Waals surface area contributed by atoms with E-state index >= 15 is 0 Å². The van der Waals surface area contributed by atoms with E-state index in [0.717, 1.165) is 28.1 Å². The van der Waals surface area contributed by atoms with Gasteiger partial charge in [-0.1, -0.05) is 28.9 Å². The number of aromatic nitrogens is 2. The van der Waals surface area contributed by atoms with Crippen molar-refractivity contribution in [2.75, 3.05) is 20.3 Å². The van der Waals surface area contributed by atoms with Crippen molar-refractivity contribution in [2.45, 2.75) is 39.3 Å². The number of nitrogens with one attached hydrogen (secondary N) is 1. The third-order valence-electron chi connectivity index (χ3n) is 5.76. The van der Waals surface area contributed by atoms with Crippen LogP contribution in [0.1, 0.15) is 44.7 Å². The Hall–Kier alpha value is -3.36. The quantitative estimate of drug-likeness (QED) is 0.381. The van der Waals surface area contributed by atoms with Crippen LogP contribution in [-0.4, -0.2) is 47.4 Å². The number of ether oxygens (including phenoxy) is 2. The van der Waals surface area contributed by atoms with Crippen LogP contribution in [0.2, 0.25) is 5.02 Å². The molecule has 0 saturated carbocycles. The normalized spacial score (nSPS) is 16.1. The lowest BCUT2D eigenvalue weighted by Crippen LogP contribution is -2.46. The highest BCUT2D eigenvalue weighted by molar-refractivity contribution is 6.30. The summed E-state index contributed by atoms with van der Waals surface area (Å²) in [6, 6.07) is 14.1. The zero-order valence-corrected chi connectivity index (χ0v) is 21.0. The molecule has 1 unspecified atom stereocenters. The Bertz CT molecular complexity index is 1210. The van der Waals surface area contributed by atoms with Gasteiger partial charge in [0.15, 0.2) is 0 Å². The number of urea groups is 1. The van der Waals surface area contributed by atoms with E-state index in [-0.39, 0.29) is 12.1 Å². The SMILES string of the molecule is COc1ccc(-c2noc(C3=C(C)N(CCCOC(C)C)C(=O)NC3c3cccc(Cl)c3)n2)cc1. The molecule has 2 heterocycles. The molecule has 184 valence electrons. The van der Waals surface area contributed by atoms with Crippen LogP contribution >= 0.6 is 11.6 Å². The molecule has 1 atom stereocenters. The minimum absolute atomic E-state index is 0.138. The molecule has 1 aromatic heterocycles. The minimum atomic E-state index is -0.492. The smallest absolute Gasteiger partial charge is 0.322 e. The number of hydrogen-bond donors (Lipinski definition) is 1. The fourth-order valence-electron chi connectivity index (χ4n) is 4.00. The van der Waals surface area contributed by atoms with Gasteiger partial charge in [0, 0.05) is 29.4 Å². The highest BCUT2D eigenvalue weighted by atomic mass is 35.5. The van der Waals surface area contributed by atoms with E-state index in [9.17, 15) is 4.79 Å². The van der Waals surface area contributed by atoms with E-state index in [1.165, 1.54) is 0 Å². The molecule has 9 heteroatoms. The van der Waals surface area contributed by atoms with Crippen LogP contribution in [0.25, 0.3) is 17.0 Å². The van der Waals surface area contributed by atoms with E-state index in [2.05, 4.69) is 15.5 Å². The maximum absolute atomic E-state index is 13.1. The molecule has 2 aromatic carbocycles. The van der Waals surface area contributed by atoms with Crippen LogP contribution in [0.3, 0.4) is 0 Å². The van der Waals surface area contributed by atoms with Crippen LogP contribution < -0.4 is 10.1 Å². The van der Waals surface area contributed by atoms with Crippen molar-refractivity contribution in [3.05, 3.63) is 70.7 Å². The van der Waals surface area contributed by atoms with Gasteiger partial charge in [0.05, 0.1) is 24.8 Å². The second-order valence-corrected chi connectivity index (χ2v) is 8.95. The molecule has 1 aliphatic heterocycles. The molecule has 4 rings (SSSR count). The number of carbonyl (C=O) groups excluding carboxylic acids is 1. The minimum Gasteiger partial charge on any atom is -0.497 e. The van der Waals surface area contributed by atoms with Crippen LogP contribution in [0.5, 0.6) is 5.75 Å². The van der Waals surface area contributed by atoms with Crippen molar-refractivity contribution in [2.24, 2.45) is 0 Å². The molecule has 0 bridgehead atoms. The van der Waals surface area contributed by atoms with Crippen LogP contribution in [0.4, 0.5) is 4.79 Å². The van der Waals surface area contributed by atoms with Gasteiger partial charge in [0.2, 0.25) is 5.82 Å². The molecule has 0 spiro atoms. The summed E-state index contributed by atoms with van der Waals surface area (Å²) in [4.78, 5) is 19.5. The van der Waals surface area contributed by atoms with E-state index < -0.39 is 6.04 Å². The van der Waals surface area contributed by atoms with Crippen LogP contribution in [0.15, 0.2) is 58.8 Å². The number of halogens is 1. The number of hydrogen-bond acceptors (Lipinski definition) is 6. The van der Waals surface area contributed by atoms with Gasteiger partial charge in [0.25, 0.3) is 5.89 Å². The molecule has 3 aromatic rings. The molecule has 1 N–H and O–H groups in total. The zero-order chi connectivity index (χ0) is 24.9. The summed E-state index contributed by atoms with van der Waals surface area (Å²) in [7, 11) is 1.62. The molecule has 2 amide bonds. The Balaban J connectivity index is 1.70. The van der Waals surface area contributed by atoms with Gasteiger partial charge in [-0.15, -0.1) is 0 Å². The van der Waals surface area contributed by atoms with E-state index in [1.54, 1.807) is 18.1 Å². The molecule has 0 radical (unpaired) electrons. The summed E-state index contributed by atoms with van der Waals surface area (Å²) in [5.41, 5.74) is 3.09. The van der Waals surface area contributed by atoms with Crippen molar-refractivity contribution in [3.8, 4) is 17.1 Å². The van der Waals surface area contributed by atoms with E-state index in [1.807, 2.05) is 63.2 Å². The maximum atomic E-state index is 13.1. The fraction of sp³-hybridized carbons (Fsp3) is 0.346. The predicted molar refractivity (Wildman–Crippen MR) is 134 cm³/mol. The molecular weight excluding hydrogens is 468 g/mol. The lowest BCUT2D eigenvalue weighted by atomic mass is 9.94. The molecule has 0 saturated heterocycles. The molecule has 1 aliphatic rings.